The normalized spacial score (nSPS) is 16.2. The molecule has 1 aliphatic carbocycles. The van der Waals surface area contributed by atoms with Gasteiger partial charge in [-0.1, -0.05) is 19.9 Å². The minimum absolute atomic E-state index is 0.191. The van der Waals surface area contributed by atoms with Crippen molar-refractivity contribution >= 4 is 11.4 Å². The molecule has 0 bridgehead atoms. The molecular weight excluding hydrogens is 215 g/mol. The highest BCUT2D eigenvalue weighted by atomic mass is 19.1. The van der Waals surface area contributed by atoms with Crippen molar-refractivity contribution in [3.8, 4) is 0 Å². The van der Waals surface area contributed by atoms with E-state index >= 15 is 0 Å². The van der Waals surface area contributed by atoms with Crippen molar-refractivity contribution in [2.24, 2.45) is 5.92 Å². The highest BCUT2D eigenvalue weighted by Crippen LogP contribution is 2.32. The molecule has 0 aromatic heterocycles. The first kappa shape index (κ1) is 12.0. The van der Waals surface area contributed by atoms with Crippen LogP contribution in [-0.4, -0.2) is 5.78 Å². The smallest absolute Gasteiger partial charge is 0.159 e. The number of ketones is 1. The van der Waals surface area contributed by atoms with E-state index in [0.29, 0.717) is 12.8 Å². The zero-order valence-corrected chi connectivity index (χ0v) is 10.5. The van der Waals surface area contributed by atoms with Crippen molar-refractivity contribution in [2.45, 2.75) is 33.6 Å². The predicted octanol–water partition coefficient (Wildman–Crippen LogP) is 3.77. The largest absolute Gasteiger partial charge is 0.295 e. The summed E-state index contributed by atoms with van der Waals surface area (Å²) in [5.41, 5.74) is 3.78. The third kappa shape index (κ3) is 2.17. The SMILES string of the molecule is CC1=C(C(C)C)C(=O)CCc2ccc(F)cc21. The molecule has 0 atom stereocenters. The number of fused-ring (bicyclic) bond motifs is 1. The highest BCUT2D eigenvalue weighted by molar-refractivity contribution is 6.04. The standard InChI is InChI=1S/C15H17FO/c1-9(2)15-10(3)13-8-12(16)6-4-11(13)5-7-14(15)17/h4,6,8-9H,5,7H2,1-3H3. The van der Waals surface area contributed by atoms with Crippen LogP contribution in [0.4, 0.5) is 4.39 Å². The second kappa shape index (κ2) is 4.44. The summed E-state index contributed by atoms with van der Waals surface area (Å²) in [7, 11) is 0. The van der Waals surface area contributed by atoms with E-state index in [1.807, 2.05) is 20.8 Å². The number of carbonyl (C=O) groups excluding carboxylic acids is 1. The Morgan fingerprint density at radius 2 is 1.94 bits per heavy atom. The Labute approximate surface area is 101 Å². The fourth-order valence-corrected chi connectivity index (χ4v) is 2.61. The quantitative estimate of drug-likeness (QED) is 0.720. The van der Waals surface area contributed by atoms with Gasteiger partial charge in [0.15, 0.2) is 5.78 Å². The molecule has 0 saturated carbocycles. The first-order valence-corrected chi connectivity index (χ1v) is 6.03. The number of allylic oxidation sites excluding steroid dienone is 2. The Hall–Kier alpha value is -1.44. The number of hydrogen-bond donors (Lipinski definition) is 0. The molecule has 2 heteroatoms. The van der Waals surface area contributed by atoms with Gasteiger partial charge < -0.3 is 0 Å². The molecule has 1 aromatic carbocycles. The van der Waals surface area contributed by atoms with E-state index < -0.39 is 0 Å². The molecule has 0 fully saturated rings. The molecular formula is C15H17FO. The molecule has 90 valence electrons. The van der Waals surface area contributed by atoms with Gasteiger partial charge in [-0.05, 0) is 48.1 Å². The maximum Gasteiger partial charge on any atom is 0.159 e. The van der Waals surface area contributed by atoms with E-state index in [2.05, 4.69) is 0 Å². The second-order valence-electron chi connectivity index (χ2n) is 4.92. The first-order valence-electron chi connectivity index (χ1n) is 6.03. The molecule has 2 rings (SSSR count). The van der Waals surface area contributed by atoms with Gasteiger partial charge in [0.25, 0.3) is 0 Å². The molecule has 0 heterocycles. The summed E-state index contributed by atoms with van der Waals surface area (Å²) in [4.78, 5) is 12.1. The Morgan fingerprint density at radius 3 is 2.59 bits per heavy atom. The Morgan fingerprint density at radius 1 is 1.24 bits per heavy atom. The van der Waals surface area contributed by atoms with Crippen molar-refractivity contribution in [1.82, 2.24) is 0 Å². The van der Waals surface area contributed by atoms with E-state index in [1.165, 1.54) is 6.07 Å². The van der Waals surface area contributed by atoms with Crippen LogP contribution in [0.25, 0.3) is 5.57 Å². The average Bonchev–Trinajstić information content (AvgIpc) is 2.37. The zero-order valence-electron chi connectivity index (χ0n) is 10.5. The van der Waals surface area contributed by atoms with Crippen molar-refractivity contribution in [1.29, 1.82) is 0 Å². The molecule has 0 spiro atoms. The van der Waals surface area contributed by atoms with Gasteiger partial charge in [-0.2, -0.15) is 0 Å². The fourth-order valence-electron chi connectivity index (χ4n) is 2.61. The van der Waals surface area contributed by atoms with Gasteiger partial charge in [0.2, 0.25) is 0 Å². The summed E-state index contributed by atoms with van der Waals surface area (Å²) in [6, 6.07) is 4.81. The number of aryl methyl sites for hydroxylation is 1. The van der Waals surface area contributed by atoms with Gasteiger partial charge in [-0.15, -0.1) is 0 Å². The summed E-state index contributed by atoms with van der Waals surface area (Å²) in [6.07, 6.45) is 1.24. The van der Waals surface area contributed by atoms with Crippen LogP contribution in [-0.2, 0) is 11.2 Å². The number of rotatable bonds is 1. The number of Topliss-reactive ketones (excluding diaryl/α,β-unsaturated/α-hetero) is 1. The van der Waals surface area contributed by atoms with Crippen LogP contribution in [0, 0.1) is 11.7 Å². The van der Waals surface area contributed by atoms with Crippen LogP contribution >= 0.6 is 0 Å². The van der Waals surface area contributed by atoms with Crippen molar-refractivity contribution in [3.05, 3.63) is 40.7 Å². The summed E-state index contributed by atoms with van der Waals surface area (Å²) in [5, 5.41) is 0. The van der Waals surface area contributed by atoms with Crippen molar-refractivity contribution in [3.63, 3.8) is 0 Å². The molecule has 0 N–H and O–H groups in total. The molecule has 1 nitrogen and oxygen atoms in total. The minimum Gasteiger partial charge on any atom is -0.295 e. The Balaban J connectivity index is 2.65. The van der Waals surface area contributed by atoms with Crippen LogP contribution in [0.15, 0.2) is 23.8 Å². The van der Waals surface area contributed by atoms with Gasteiger partial charge in [0, 0.05) is 12.0 Å². The monoisotopic (exact) mass is 232 g/mol. The lowest BCUT2D eigenvalue weighted by Gasteiger charge is -2.13. The molecule has 0 unspecified atom stereocenters. The van der Waals surface area contributed by atoms with Gasteiger partial charge in [-0.3, -0.25) is 4.79 Å². The van der Waals surface area contributed by atoms with Crippen LogP contribution in [0.2, 0.25) is 0 Å². The first-order chi connectivity index (χ1) is 8.00. The van der Waals surface area contributed by atoms with Gasteiger partial charge in [0.05, 0.1) is 0 Å². The molecule has 17 heavy (non-hydrogen) atoms. The number of carbonyl (C=O) groups is 1. The van der Waals surface area contributed by atoms with Crippen LogP contribution in [0.1, 0.15) is 38.3 Å². The molecule has 0 aliphatic heterocycles. The maximum atomic E-state index is 13.3. The molecule has 0 radical (unpaired) electrons. The molecule has 0 saturated heterocycles. The average molecular weight is 232 g/mol. The fraction of sp³-hybridized carbons (Fsp3) is 0.400. The van der Waals surface area contributed by atoms with Crippen LogP contribution < -0.4 is 0 Å². The van der Waals surface area contributed by atoms with Crippen molar-refractivity contribution < 1.29 is 9.18 Å². The summed E-state index contributed by atoms with van der Waals surface area (Å²) >= 11 is 0. The van der Waals surface area contributed by atoms with E-state index in [9.17, 15) is 9.18 Å². The summed E-state index contributed by atoms with van der Waals surface area (Å²) in [5.74, 6) is 0.159. The van der Waals surface area contributed by atoms with Crippen LogP contribution in [0.5, 0.6) is 0 Å². The highest BCUT2D eigenvalue weighted by Gasteiger charge is 2.22. The van der Waals surface area contributed by atoms with E-state index in [0.717, 1.165) is 22.3 Å². The van der Waals surface area contributed by atoms with Gasteiger partial charge in [-0.25, -0.2) is 4.39 Å². The summed E-state index contributed by atoms with van der Waals surface area (Å²) in [6.45, 7) is 5.96. The number of hydrogen-bond acceptors (Lipinski definition) is 1. The summed E-state index contributed by atoms with van der Waals surface area (Å²) < 4.78 is 13.3. The van der Waals surface area contributed by atoms with Gasteiger partial charge in [0.1, 0.15) is 5.82 Å². The maximum absolute atomic E-state index is 13.3. The lowest BCUT2D eigenvalue weighted by molar-refractivity contribution is -0.115. The van der Waals surface area contributed by atoms with Crippen molar-refractivity contribution in [2.75, 3.05) is 0 Å². The molecule has 0 amide bonds. The lowest BCUT2D eigenvalue weighted by Crippen LogP contribution is -2.08. The van der Waals surface area contributed by atoms with Crippen LogP contribution in [0.3, 0.4) is 0 Å². The third-order valence-corrected chi connectivity index (χ3v) is 3.38. The molecule has 1 aromatic rings. The second-order valence-corrected chi connectivity index (χ2v) is 4.92. The Kier molecular flexibility index (Phi) is 3.14. The minimum atomic E-state index is -0.236. The number of benzene rings is 1. The van der Waals surface area contributed by atoms with E-state index in [-0.39, 0.29) is 17.5 Å². The van der Waals surface area contributed by atoms with E-state index in [1.54, 1.807) is 12.1 Å². The lowest BCUT2D eigenvalue weighted by atomic mass is 9.91. The predicted molar refractivity (Wildman–Crippen MR) is 67.2 cm³/mol. The Bertz CT molecular complexity index is 498. The van der Waals surface area contributed by atoms with E-state index in [4.69, 9.17) is 0 Å². The third-order valence-electron chi connectivity index (χ3n) is 3.38. The van der Waals surface area contributed by atoms with Gasteiger partial charge >= 0.3 is 0 Å². The molecule has 1 aliphatic rings. The topological polar surface area (TPSA) is 17.1 Å². The zero-order chi connectivity index (χ0) is 12.6. The number of halogens is 1.